The summed E-state index contributed by atoms with van der Waals surface area (Å²) in [6.45, 7) is 8.58. The van der Waals surface area contributed by atoms with Crippen molar-refractivity contribution in [1.82, 2.24) is 10.2 Å². The molecule has 0 unspecified atom stereocenters. The largest absolute Gasteiger partial charge is 0.350 e. The van der Waals surface area contributed by atoms with Gasteiger partial charge >= 0.3 is 0 Å². The van der Waals surface area contributed by atoms with Crippen molar-refractivity contribution in [1.29, 1.82) is 0 Å². The lowest BCUT2D eigenvalue weighted by Gasteiger charge is -2.34. The summed E-state index contributed by atoms with van der Waals surface area (Å²) in [5, 5.41) is 3.27. The van der Waals surface area contributed by atoms with Crippen LogP contribution in [0.2, 0.25) is 10.0 Å². The van der Waals surface area contributed by atoms with Gasteiger partial charge < -0.3 is 10.2 Å². The number of nitrogens with zero attached hydrogens (tertiary/aromatic N) is 2. The minimum atomic E-state index is -4.24. The molecular formula is C29H33Cl2N3O4S. The quantitative estimate of drug-likeness (QED) is 0.340. The Bertz CT molecular complexity index is 1440. The third-order valence-corrected chi connectivity index (χ3v) is 8.38. The molecule has 0 aliphatic rings. The monoisotopic (exact) mass is 589 g/mol. The number of carbonyl (C=O) groups is 2. The van der Waals surface area contributed by atoms with Gasteiger partial charge in [-0.1, -0.05) is 65.7 Å². The topological polar surface area (TPSA) is 86.8 Å². The highest BCUT2D eigenvalue weighted by Crippen LogP contribution is 2.33. The van der Waals surface area contributed by atoms with Crippen molar-refractivity contribution in [2.75, 3.05) is 10.8 Å². The minimum absolute atomic E-state index is 0.0159. The molecule has 0 fully saturated rings. The average molecular weight is 591 g/mol. The van der Waals surface area contributed by atoms with Gasteiger partial charge in [-0.25, -0.2) is 8.42 Å². The number of amides is 2. The maximum Gasteiger partial charge on any atom is 0.264 e. The van der Waals surface area contributed by atoms with Crippen molar-refractivity contribution in [2.24, 2.45) is 0 Å². The number of benzene rings is 3. The molecule has 0 spiro atoms. The molecule has 208 valence electrons. The molecule has 0 heterocycles. The molecule has 39 heavy (non-hydrogen) atoms. The molecule has 1 N–H and O–H groups in total. The van der Waals surface area contributed by atoms with Gasteiger partial charge in [-0.3, -0.25) is 13.9 Å². The van der Waals surface area contributed by atoms with Gasteiger partial charge in [0, 0.05) is 17.1 Å². The highest BCUT2D eigenvalue weighted by molar-refractivity contribution is 7.92. The summed E-state index contributed by atoms with van der Waals surface area (Å²) < 4.78 is 28.6. The fourth-order valence-electron chi connectivity index (χ4n) is 3.94. The number of nitrogens with one attached hydrogen (secondary N) is 1. The van der Waals surface area contributed by atoms with Crippen molar-refractivity contribution < 1.29 is 18.0 Å². The Kier molecular flexibility index (Phi) is 9.69. The van der Waals surface area contributed by atoms with Gasteiger partial charge in [-0.2, -0.15) is 0 Å². The number of hydrogen-bond donors (Lipinski definition) is 1. The van der Waals surface area contributed by atoms with Crippen LogP contribution in [0, 0.1) is 6.92 Å². The first-order valence-electron chi connectivity index (χ1n) is 12.4. The van der Waals surface area contributed by atoms with Gasteiger partial charge in [-0.15, -0.1) is 0 Å². The third-order valence-electron chi connectivity index (χ3n) is 6.05. The highest BCUT2D eigenvalue weighted by atomic mass is 35.5. The van der Waals surface area contributed by atoms with Crippen LogP contribution in [-0.2, 0) is 26.2 Å². The minimum Gasteiger partial charge on any atom is -0.350 e. The van der Waals surface area contributed by atoms with Crippen molar-refractivity contribution in [3.8, 4) is 0 Å². The maximum atomic E-state index is 14.0. The zero-order valence-corrected chi connectivity index (χ0v) is 24.9. The van der Waals surface area contributed by atoms with E-state index in [1.165, 1.54) is 35.2 Å². The number of anilines is 1. The van der Waals surface area contributed by atoms with Crippen LogP contribution in [0.1, 0.15) is 38.8 Å². The number of aryl methyl sites for hydroxylation is 1. The van der Waals surface area contributed by atoms with Crippen LogP contribution < -0.4 is 9.62 Å². The molecule has 3 aromatic carbocycles. The second kappa shape index (κ2) is 12.4. The Morgan fingerprint density at radius 3 is 2.18 bits per heavy atom. The number of rotatable bonds is 9. The van der Waals surface area contributed by atoms with Crippen molar-refractivity contribution in [3.63, 3.8) is 0 Å². The van der Waals surface area contributed by atoms with Gasteiger partial charge in [0.2, 0.25) is 11.8 Å². The van der Waals surface area contributed by atoms with E-state index in [0.29, 0.717) is 0 Å². The van der Waals surface area contributed by atoms with E-state index in [1.807, 2.05) is 52.0 Å². The van der Waals surface area contributed by atoms with E-state index in [-0.39, 0.29) is 33.1 Å². The molecule has 0 radical (unpaired) electrons. The van der Waals surface area contributed by atoms with E-state index in [9.17, 15) is 18.0 Å². The van der Waals surface area contributed by atoms with Crippen molar-refractivity contribution in [3.05, 3.63) is 94.0 Å². The lowest BCUT2D eigenvalue weighted by Crippen LogP contribution is -2.54. The second-order valence-electron chi connectivity index (χ2n) is 10.3. The van der Waals surface area contributed by atoms with Gasteiger partial charge in [0.05, 0.1) is 15.6 Å². The Labute approximate surface area is 240 Å². The van der Waals surface area contributed by atoms with E-state index in [0.717, 1.165) is 15.4 Å². The third kappa shape index (κ3) is 7.75. The van der Waals surface area contributed by atoms with Gasteiger partial charge in [0.25, 0.3) is 10.0 Å². The standard InChI is InChI=1S/C29H33Cl2N3O4S/c1-20-11-9-10-12-22(20)18-33(21(2)28(36)32-29(3,4)5)27(35)19-34(26-17-23(30)15-16-25(26)31)39(37,38)24-13-7-6-8-14-24/h6-17,21H,18-19H2,1-5H3,(H,32,36)/t21-/m0/s1. The summed E-state index contributed by atoms with van der Waals surface area (Å²) in [7, 11) is -4.24. The van der Waals surface area contributed by atoms with Crippen LogP contribution in [0.15, 0.2) is 77.7 Å². The van der Waals surface area contributed by atoms with E-state index in [4.69, 9.17) is 23.2 Å². The normalized spacial score (nSPS) is 12.5. The highest BCUT2D eigenvalue weighted by Gasteiger charge is 2.34. The van der Waals surface area contributed by atoms with Gasteiger partial charge in [0.1, 0.15) is 12.6 Å². The molecule has 7 nitrogen and oxygen atoms in total. The van der Waals surface area contributed by atoms with E-state index >= 15 is 0 Å². The summed E-state index contributed by atoms with van der Waals surface area (Å²) >= 11 is 12.6. The zero-order valence-electron chi connectivity index (χ0n) is 22.6. The fourth-order valence-corrected chi connectivity index (χ4v) is 5.82. The molecule has 0 aliphatic heterocycles. The van der Waals surface area contributed by atoms with Crippen LogP contribution in [0.5, 0.6) is 0 Å². The van der Waals surface area contributed by atoms with E-state index in [2.05, 4.69) is 5.32 Å². The lowest BCUT2D eigenvalue weighted by molar-refractivity contribution is -0.140. The zero-order chi connectivity index (χ0) is 29.0. The second-order valence-corrected chi connectivity index (χ2v) is 13.0. The van der Waals surface area contributed by atoms with Crippen LogP contribution in [-0.4, -0.2) is 43.3 Å². The summed E-state index contributed by atoms with van der Waals surface area (Å²) in [5.41, 5.74) is 1.30. The molecule has 10 heteroatoms. The molecule has 0 saturated heterocycles. The molecule has 0 aromatic heterocycles. The summed E-state index contributed by atoms with van der Waals surface area (Å²) in [4.78, 5) is 28.5. The smallest absolute Gasteiger partial charge is 0.264 e. The van der Waals surface area contributed by atoms with Crippen LogP contribution in [0.25, 0.3) is 0 Å². The van der Waals surface area contributed by atoms with E-state index in [1.54, 1.807) is 25.1 Å². The molecule has 3 rings (SSSR count). The maximum absolute atomic E-state index is 14.0. The molecule has 1 atom stereocenters. The number of sulfonamides is 1. The first kappa shape index (κ1) is 30.5. The van der Waals surface area contributed by atoms with Gasteiger partial charge in [0.15, 0.2) is 0 Å². The average Bonchev–Trinajstić information content (AvgIpc) is 2.87. The summed E-state index contributed by atoms with van der Waals surface area (Å²) in [5.74, 6) is -0.937. The Morgan fingerprint density at radius 1 is 0.949 bits per heavy atom. The fraction of sp³-hybridized carbons (Fsp3) is 0.310. The Balaban J connectivity index is 2.08. The van der Waals surface area contributed by atoms with Gasteiger partial charge in [-0.05, 0) is 76.1 Å². The molecule has 0 bridgehead atoms. The van der Waals surface area contributed by atoms with Crippen molar-refractivity contribution in [2.45, 2.75) is 57.6 Å². The number of carbonyl (C=O) groups excluding carboxylic acids is 2. The SMILES string of the molecule is Cc1ccccc1CN(C(=O)CN(c1cc(Cl)ccc1Cl)S(=O)(=O)c1ccccc1)[C@@H](C)C(=O)NC(C)(C)C. The molecule has 3 aromatic rings. The van der Waals surface area contributed by atoms with Crippen molar-refractivity contribution >= 4 is 50.7 Å². The first-order valence-corrected chi connectivity index (χ1v) is 14.6. The molecule has 0 aliphatic carbocycles. The van der Waals surface area contributed by atoms with Crippen LogP contribution in [0.3, 0.4) is 0 Å². The number of halogens is 2. The predicted molar refractivity (Wildman–Crippen MR) is 157 cm³/mol. The first-order chi connectivity index (χ1) is 18.2. The molecular weight excluding hydrogens is 557 g/mol. The predicted octanol–water partition coefficient (Wildman–Crippen LogP) is 5.83. The molecule has 2 amide bonds. The Hall–Kier alpha value is -3.07. The number of hydrogen-bond acceptors (Lipinski definition) is 4. The van der Waals surface area contributed by atoms with Crippen LogP contribution >= 0.6 is 23.2 Å². The lowest BCUT2D eigenvalue weighted by atomic mass is 10.1. The summed E-state index contributed by atoms with van der Waals surface area (Å²) in [6.07, 6.45) is 0. The summed E-state index contributed by atoms with van der Waals surface area (Å²) in [6, 6.07) is 18.8. The van der Waals surface area contributed by atoms with E-state index < -0.39 is 34.1 Å². The van der Waals surface area contributed by atoms with Crippen LogP contribution in [0.4, 0.5) is 5.69 Å². The Morgan fingerprint density at radius 2 is 1.56 bits per heavy atom. The molecule has 0 saturated carbocycles.